The van der Waals surface area contributed by atoms with Crippen molar-refractivity contribution in [1.29, 1.82) is 0 Å². The lowest BCUT2D eigenvalue weighted by molar-refractivity contribution is -0.444. The van der Waals surface area contributed by atoms with E-state index in [9.17, 15) is 0 Å². The van der Waals surface area contributed by atoms with Gasteiger partial charge in [-0.1, -0.05) is 0 Å². The van der Waals surface area contributed by atoms with E-state index in [0.29, 0.717) is 0 Å². The molecule has 2 aliphatic heterocycles. The summed E-state index contributed by atoms with van der Waals surface area (Å²) in [5.41, 5.74) is 2.48. The number of benzene rings is 2. The van der Waals surface area contributed by atoms with Crippen molar-refractivity contribution >= 4 is 43.2 Å². The van der Waals surface area contributed by atoms with E-state index in [0.717, 1.165) is 37.9 Å². The number of hydrogen-bond donors (Lipinski definition) is 4. The minimum atomic E-state index is 0. The predicted octanol–water partition coefficient (Wildman–Crippen LogP) is -7.08. The summed E-state index contributed by atoms with van der Waals surface area (Å²) in [4.78, 5) is 6.84. The maximum Gasteiger partial charge on any atom is 0.275 e. The Hall–Kier alpha value is -1.82. The maximum atomic E-state index is 3.42. The fraction of sp³-hybridized carbons (Fsp3) is 0.222. The third-order valence-electron chi connectivity index (χ3n) is 4.50. The Morgan fingerprint density at radius 1 is 0.720 bits per heavy atom. The largest absolute Gasteiger partial charge is 1.00 e. The van der Waals surface area contributed by atoms with Crippen LogP contribution in [0.25, 0.3) is 20.2 Å². The van der Waals surface area contributed by atoms with E-state index in [1.54, 1.807) is 0 Å². The fourth-order valence-corrected chi connectivity index (χ4v) is 4.44. The summed E-state index contributed by atoms with van der Waals surface area (Å²) in [5, 5.41) is 9.52. The molecule has 2 aromatic carbocycles. The second-order valence-corrected chi connectivity index (χ2v) is 7.06. The lowest BCUT2D eigenvalue weighted by Gasteiger charge is -1.99. The van der Waals surface area contributed by atoms with Crippen LogP contribution in [0.2, 0.25) is 0 Å². The average Bonchev–Trinajstić information content (AvgIpc) is 3.33. The van der Waals surface area contributed by atoms with E-state index in [2.05, 4.69) is 57.0 Å². The molecule has 0 aliphatic carbocycles. The van der Waals surface area contributed by atoms with Crippen LogP contribution in [-0.4, -0.2) is 37.9 Å². The molecule has 1 aromatic heterocycles. The van der Waals surface area contributed by atoms with Crippen LogP contribution in [0.1, 0.15) is 11.1 Å². The molecule has 3 heterocycles. The molecule has 0 atom stereocenters. The summed E-state index contributed by atoms with van der Waals surface area (Å²) in [7, 11) is 0. The molecule has 2 aliphatic rings. The van der Waals surface area contributed by atoms with Crippen LogP contribution < -0.4 is 45.4 Å². The van der Waals surface area contributed by atoms with Crippen LogP contribution in [-0.2, 0) is 0 Å². The number of thiophene rings is 1. The van der Waals surface area contributed by atoms with Crippen LogP contribution in [0.15, 0.2) is 36.4 Å². The van der Waals surface area contributed by atoms with Crippen molar-refractivity contribution in [2.75, 3.05) is 26.2 Å². The third kappa shape index (κ3) is 3.08. The first-order valence-corrected chi connectivity index (χ1v) is 8.87. The Kier molecular flexibility index (Phi) is 5.18. The molecule has 5 rings (SSSR count). The second kappa shape index (κ2) is 7.20. The van der Waals surface area contributed by atoms with Gasteiger partial charge in [-0.2, -0.15) is 0 Å². The first kappa shape index (κ1) is 18.0. The smallest absolute Gasteiger partial charge is 0.275 e. The maximum absolute atomic E-state index is 3.42. The molecule has 0 saturated heterocycles. The molecular formula is C18H18Cl2N4S. The van der Waals surface area contributed by atoms with Crippen molar-refractivity contribution < 1.29 is 34.8 Å². The highest BCUT2D eigenvalue weighted by Crippen LogP contribution is 2.34. The first-order valence-electron chi connectivity index (χ1n) is 8.05. The summed E-state index contributed by atoms with van der Waals surface area (Å²) < 4.78 is 2.69. The monoisotopic (exact) mass is 392 g/mol. The summed E-state index contributed by atoms with van der Waals surface area (Å²) in [6.45, 7) is 3.99. The SMILES string of the molecule is [Cl-].[Cl-].c1cc2sc3ccc(C4=[NH+]CCN4)cc3c2cc1C1=[NH+]CCN1. The molecule has 130 valence electrons. The molecule has 0 radical (unpaired) electrons. The highest BCUT2D eigenvalue weighted by molar-refractivity contribution is 7.25. The van der Waals surface area contributed by atoms with Gasteiger partial charge in [0.15, 0.2) is 0 Å². The first-order chi connectivity index (χ1) is 11.4. The molecule has 4 N–H and O–H groups in total. The van der Waals surface area contributed by atoms with Crippen LogP contribution in [0, 0.1) is 0 Å². The fourth-order valence-electron chi connectivity index (χ4n) is 3.37. The van der Waals surface area contributed by atoms with Gasteiger partial charge in [-0.25, -0.2) is 0 Å². The van der Waals surface area contributed by atoms with Gasteiger partial charge in [0, 0.05) is 20.2 Å². The molecule has 25 heavy (non-hydrogen) atoms. The van der Waals surface area contributed by atoms with Crippen molar-refractivity contribution in [3.63, 3.8) is 0 Å². The summed E-state index contributed by atoms with van der Waals surface area (Å²) in [6.07, 6.45) is 0. The van der Waals surface area contributed by atoms with Crippen molar-refractivity contribution in [2.24, 2.45) is 0 Å². The minimum Gasteiger partial charge on any atom is -1.00 e. The highest BCUT2D eigenvalue weighted by atomic mass is 35.5. The average molecular weight is 393 g/mol. The normalized spacial score (nSPS) is 15.8. The van der Waals surface area contributed by atoms with Crippen LogP contribution in [0.3, 0.4) is 0 Å². The molecule has 0 bridgehead atoms. The van der Waals surface area contributed by atoms with Gasteiger partial charge in [0.1, 0.15) is 26.2 Å². The van der Waals surface area contributed by atoms with Gasteiger partial charge in [-0.15, -0.1) is 11.3 Å². The number of hydrogen-bond acceptors (Lipinski definition) is 3. The van der Waals surface area contributed by atoms with Gasteiger partial charge in [0.2, 0.25) is 0 Å². The number of nitrogens with one attached hydrogen (secondary N) is 4. The lowest BCUT2D eigenvalue weighted by Crippen LogP contribution is -3.00. The summed E-state index contributed by atoms with van der Waals surface area (Å²) in [6, 6.07) is 13.5. The zero-order valence-electron chi connectivity index (χ0n) is 13.5. The molecular weight excluding hydrogens is 375 g/mol. The van der Waals surface area contributed by atoms with Gasteiger partial charge < -0.3 is 24.8 Å². The van der Waals surface area contributed by atoms with Crippen molar-refractivity contribution in [3.8, 4) is 0 Å². The number of rotatable bonds is 2. The van der Waals surface area contributed by atoms with Crippen LogP contribution >= 0.6 is 11.3 Å². The van der Waals surface area contributed by atoms with E-state index in [1.807, 2.05) is 11.3 Å². The van der Waals surface area contributed by atoms with Gasteiger partial charge >= 0.3 is 0 Å². The van der Waals surface area contributed by atoms with Crippen molar-refractivity contribution in [3.05, 3.63) is 47.5 Å². The zero-order chi connectivity index (χ0) is 15.2. The Morgan fingerprint density at radius 3 is 1.60 bits per heavy atom. The second-order valence-electron chi connectivity index (χ2n) is 5.98. The predicted molar refractivity (Wildman–Crippen MR) is 95.2 cm³/mol. The van der Waals surface area contributed by atoms with E-state index in [4.69, 9.17) is 0 Å². The highest BCUT2D eigenvalue weighted by Gasteiger charge is 2.18. The Balaban J connectivity index is 0.000000911. The third-order valence-corrected chi connectivity index (χ3v) is 5.66. The van der Waals surface area contributed by atoms with Gasteiger partial charge in [-0.3, -0.25) is 20.6 Å². The Bertz CT molecular complexity index is 915. The summed E-state index contributed by atoms with van der Waals surface area (Å²) >= 11 is 1.86. The number of fused-ring (bicyclic) bond motifs is 3. The number of halogens is 2. The molecule has 4 nitrogen and oxygen atoms in total. The van der Waals surface area contributed by atoms with Crippen molar-refractivity contribution in [2.45, 2.75) is 0 Å². The molecule has 0 amide bonds. The van der Waals surface area contributed by atoms with E-state index in [1.165, 1.54) is 31.3 Å². The molecule has 0 spiro atoms. The van der Waals surface area contributed by atoms with E-state index < -0.39 is 0 Å². The van der Waals surface area contributed by atoms with Crippen LogP contribution in [0.5, 0.6) is 0 Å². The molecule has 0 fully saturated rings. The summed E-state index contributed by atoms with van der Waals surface area (Å²) in [5.74, 6) is 2.30. The van der Waals surface area contributed by atoms with E-state index >= 15 is 0 Å². The Labute approximate surface area is 162 Å². The minimum absolute atomic E-state index is 0. The zero-order valence-corrected chi connectivity index (χ0v) is 15.8. The molecule has 3 aromatic rings. The molecule has 0 unspecified atom stereocenters. The molecule has 0 saturated carbocycles. The van der Waals surface area contributed by atoms with E-state index in [-0.39, 0.29) is 24.8 Å². The van der Waals surface area contributed by atoms with Gasteiger partial charge in [0.05, 0.1) is 11.1 Å². The van der Waals surface area contributed by atoms with Crippen molar-refractivity contribution in [1.82, 2.24) is 10.6 Å². The Morgan fingerprint density at radius 2 is 1.20 bits per heavy atom. The lowest BCUT2D eigenvalue weighted by atomic mass is 10.1. The quantitative estimate of drug-likeness (QED) is 0.350. The standard InChI is InChI=1S/C18H16N4S.2ClH/c1-3-15-13(9-11(1)17-19-5-6-20-17)14-10-12(2-4-16(14)23-15)18-21-7-8-22-18;;/h1-4,9-10H,5-8H2,(H,19,20)(H,21,22);2*1H. The van der Waals surface area contributed by atoms with Crippen LogP contribution in [0.4, 0.5) is 0 Å². The topological polar surface area (TPSA) is 52.0 Å². The van der Waals surface area contributed by atoms with Gasteiger partial charge in [-0.05, 0) is 36.4 Å². The van der Waals surface area contributed by atoms with Gasteiger partial charge in [0.25, 0.3) is 11.7 Å². The molecule has 7 heteroatoms. The number of amidine groups is 2.